The van der Waals surface area contributed by atoms with E-state index in [1.54, 1.807) is 0 Å². The zero-order valence-corrected chi connectivity index (χ0v) is 13.5. The molecule has 0 heterocycles. The Labute approximate surface area is 123 Å². The Morgan fingerprint density at radius 3 is 2.85 bits per heavy atom. The molecule has 1 aromatic rings. The molecule has 0 bridgehead atoms. The Bertz CT molecular complexity index is 439. The first kappa shape index (κ1) is 15.2. The van der Waals surface area contributed by atoms with Crippen LogP contribution in [0.5, 0.6) is 5.75 Å². The van der Waals surface area contributed by atoms with Crippen LogP contribution in [-0.4, -0.2) is 12.6 Å². The van der Waals surface area contributed by atoms with E-state index in [1.165, 1.54) is 31.2 Å². The fraction of sp³-hybridized carbons (Fsp3) is 0.667. The third kappa shape index (κ3) is 4.16. The lowest BCUT2D eigenvalue weighted by atomic mass is 9.75. The van der Waals surface area contributed by atoms with Crippen molar-refractivity contribution >= 4 is 5.69 Å². The van der Waals surface area contributed by atoms with Gasteiger partial charge in [0.2, 0.25) is 0 Å². The molecule has 1 atom stereocenters. The summed E-state index contributed by atoms with van der Waals surface area (Å²) in [5.74, 6) is 1.01. The Balaban J connectivity index is 2.07. The van der Waals surface area contributed by atoms with Gasteiger partial charge in [-0.15, -0.1) is 0 Å². The summed E-state index contributed by atoms with van der Waals surface area (Å²) in [6, 6.07) is 7.05. The van der Waals surface area contributed by atoms with Gasteiger partial charge in [0.1, 0.15) is 5.75 Å². The monoisotopic (exact) mass is 275 g/mol. The van der Waals surface area contributed by atoms with E-state index in [9.17, 15) is 0 Å². The maximum absolute atomic E-state index is 5.90. The number of aryl methyl sites for hydroxylation is 1. The van der Waals surface area contributed by atoms with Crippen LogP contribution in [0.2, 0.25) is 0 Å². The van der Waals surface area contributed by atoms with Gasteiger partial charge in [0.15, 0.2) is 0 Å². The normalized spacial score (nSPS) is 21.5. The molecule has 1 saturated carbocycles. The summed E-state index contributed by atoms with van der Waals surface area (Å²) in [7, 11) is 0. The average Bonchev–Trinajstić information content (AvgIpc) is 2.38. The SMILES string of the molecule is CCCOc1cc(C)ccc1NC1CCCC(C)(C)C1. The molecule has 112 valence electrons. The summed E-state index contributed by atoms with van der Waals surface area (Å²) < 4.78 is 5.90. The zero-order chi connectivity index (χ0) is 14.6. The van der Waals surface area contributed by atoms with Gasteiger partial charge in [0, 0.05) is 6.04 Å². The molecule has 1 aromatic carbocycles. The van der Waals surface area contributed by atoms with Crippen LogP contribution >= 0.6 is 0 Å². The van der Waals surface area contributed by atoms with Gasteiger partial charge in [-0.05, 0) is 55.7 Å². The van der Waals surface area contributed by atoms with Crippen LogP contribution in [0.15, 0.2) is 18.2 Å². The minimum Gasteiger partial charge on any atom is -0.491 e. The van der Waals surface area contributed by atoms with Crippen molar-refractivity contribution in [2.24, 2.45) is 5.41 Å². The summed E-state index contributed by atoms with van der Waals surface area (Å²) in [5, 5.41) is 3.72. The number of hydrogen-bond donors (Lipinski definition) is 1. The Kier molecular flexibility index (Phi) is 4.95. The van der Waals surface area contributed by atoms with E-state index in [1.807, 2.05) is 0 Å². The molecule has 2 nitrogen and oxygen atoms in total. The predicted octanol–water partition coefficient (Wildman–Crippen LogP) is 5.16. The summed E-state index contributed by atoms with van der Waals surface area (Å²) in [6.45, 7) is 9.81. The molecular formula is C18H29NO. The number of nitrogens with one attached hydrogen (secondary N) is 1. The summed E-state index contributed by atoms with van der Waals surface area (Å²) in [5.41, 5.74) is 2.88. The van der Waals surface area contributed by atoms with Crippen molar-refractivity contribution in [1.82, 2.24) is 0 Å². The lowest BCUT2D eigenvalue weighted by Gasteiger charge is -2.36. The molecule has 0 amide bonds. The average molecular weight is 275 g/mol. The first-order valence-electron chi connectivity index (χ1n) is 8.00. The lowest BCUT2D eigenvalue weighted by molar-refractivity contribution is 0.229. The third-order valence-corrected chi connectivity index (χ3v) is 4.16. The van der Waals surface area contributed by atoms with Gasteiger partial charge in [0.05, 0.1) is 12.3 Å². The standard InChI is InChI=1S/C18H29NO/c1-5-11-20-17-12-14(2)8-9-16(17)19-15-7-6-10-18(3,4)13-15/h8-9,12,15,19H,5-7,10-11,13H2,1-4H3. The van der Waals surface area contributed by atoms with Crippen molar-refractivity contribution in [1.29, 1.82) is 0 Å². The summed E-state index contributed by atoms with van der Waals surface area (Å²) >= 11 is 0. The summed E-state index contributed by atoms with van der Waals surface area (Å²) in [4.78, 5) is 0. The van der Waals surface area contributed by atoms with E-state index in [2.05, 4.69) is 51.2 Å². The molecule has 2 rings (SSSR count). The fourth-order valence-corrected chi connectivity index (χ4v) is 3.12. The second kappa shape index (κ2) is 6.51. The van der Waals surface area contributed by atoms with Crippen LogP contribution in [0.1, 0.15) is 58.4 Å². The third-order valence-electron chi connectivity index (χ3n) is 4.16. The Morgan fingerprint density at radius 1 is 1.35 bits per heavy atom. The molecule has 1 fully saturated rings. The number of hydrogen-bond acceptors (Lipinski definition) is 2. The van der Waals surface area contributed by atoms with E-state index in [0.29, 0.717) is 11.5 Å². The van der Waals surface area contributed by atoms with Crippen LogP contribution in [0.25, 0.3) is 0 Å². The molecule has 1 aliphatic rings. The van der Waals surface area contributed by atoms with Gasteiger partial charge < -0.3 is 10.1 Å². The molecule has 2 heteroatoms. The Morgan fingerprint density at radius 2 is 2.15 bits per heavy atom. The molecule has 0 aromatic heterocycles. The first-order valence-corrected chi connectivity index (χ1v) is 8.00. The lowest BCUT2D eigenvalue weighted by Crippen LogP contribution is -2.31. The smallest absolute Gasteiger partial charge is 0.142 e. The van der Waals surface area contributed by atoms with Crippen LogP contribution in [0.3, 0.4) is 0 Å². The van der Waals surface area contributed by atoms with Crippen molar-refractivity contribution < 1.29 is 4.74 Å². The highest BCUT2D eigenvalue weighted by molar-refractivity contribution is 5.58. The molecule has 0 radical (unpaired) electrons. The van der Waals surface area contributed by atoms with Crippen molar-refractivity contribution in [3.8, 4) is 5.75 Å². The molecule has 0 saturated heterocycles. The van der Waals surface area contributed by atoms with E-state index in [-0.39, 0.29) is 0 Å². The van der Waals surface area contributed by atoms with Crippen LogP contribution in [0, 0.1) is 12.3 Å². The highest BCUT2D eigenvalue weighted by Crippen LogP contribution is 2.37. The highest BCUT2D eigenvalue weighted by atomic mass is 16.5. The number of anilines is 1. The molecule has 0 spiro atoms. The highest BCUT2D eigenvalue weighted by Gasteiger charge is 2.28. The summed E-state index contributed by atoms with van der Waals surface area (Å²) in [6.07, 6.45) is 6.22. The van der Waals surface area contributed by atoms with Crippen molar-refractivity contribution in [3.63, 3.8) is 0 Å². The van der Waals surface area contributed by atoms with Gasteiger partial charge in [-0.25, -0.2) is 0 Å². The van der Waals surface area contributed by atoms with Gasteiger partial charge in [-0.1, -0.05) is 33.3 Å². The topological polar surface area (TPSA) is 21.3 Å². The van der Waals surface area contributed by atoms with Crippen molar-refractivity contribution in [3.05, 3.63) is 23.8 Å². The van der Waals surface area contributed by atoms with E-state index in [0.717, 1.165) is 24.5 Å². The quantitative estimate of drug-likeness (QED) is 0.801. The second-order valence-corrected chi connectivity index (χ2v) is 6.95. The maximum atomic E-state index is 5.90. The molecule has 1 unspecified atom stereocenters. The van der Waals surface area contributed by atoms with Crippen molar-refractivity contribution in [2.75, 3.05) is 11.9 Å². The van der Waals surface area contributed by atoms with Crippen LogP contribution in [-0.2, 0) is 0 Å². The van der Waals surface area contributed by atoms with E-state index in [4.69, 9.17) is 4.74 Å². The van der Waals surface area contributed by atoms with Gasteiger partial charge >= 0.3 is 0 Å². The zero-order valence-electron chi connectivity index (χ0n) is 13.5. The number of rotatable bonds is 5. The van der Waals surface area contributed by atoms with E-state index < -0.39 is 0 Å². The minimum atomic E-state index is 0.463. The largest absolute Gasteiger partial charge is 0.491 e. The molecule has 0 aliphatic heterocycles. The van der Waals surface area contributed by atoms with Crippen molar-refractivity contribution in [2.45, 2.75) is 65.8 Å². The maximum Gasteiger partial charge on any atom is 0.142 e. The van der Waals surface area contributed by atoms with Crippen LogP contribution < -0.4 is 10.1 Å². The van der Waals surface area contributed by atoms with E-state index >= 15 is 0 Å². The Hall–Kier alpha value is -1.18. The fourth-order valence-electron chi connectivity index (χ4n) is 3.12. The second-order valence-electron chi connectivity index (χ2n) is 6.95. The molecular weight excluding hydrogens is 246 g/mol. The predicted molar refractivity (Wildman–Crippen MR) is 86.6 cm³/mol. The minimum absolute atomic E-state index is 0.463. The van der Waals surface area contributed by atoms with Gasteiger partial charge in [0.25, 0.3) is 0 Å². The van der Waals surface area contributed by atoms with Gasteiger partial charge in [-0.3, -0.25) is 0 Å². The van der Waals surface area contributed by atoms with Crippen LogP contribution in [0.4, 0.5) is 5.69 Å². The number of ether oxygens (including phenoxy) is 1. The molecule has 20 heavy (non-hydrogen) atoms. The molecule has 1 N–H and O–H groups in total. The number of benzene rings is 1. The molecule has 1 aliphatic carbocycles. The first-order chi connectivity index (χ1) is 9.50. The van der Waals surface area contributed by atoms with Gasteiger partial charge in [-0.2, -0.15) is 0 Å².